The van der Waals surface area contributed by atoms with Crippen molar-refractivity contribution in [1.82, 2.24) is 5.48 Å². The maximum absolute atomic E-state index is 13.7. The van der Waals surface area contributed by atoms with Crippen molar-refractivity contribution in [2.75, 3.05) is 0 Å². The molecule has 0 aliphatic heterocycles. The van der Waals surface area contributed by atoms with Crippen LogP contribution in [0.2, 0.25) is 0 Å². The second kappa shape index (κ2) is 6.50. The van der Waals surface area contributed by atoms with E-state index >= 15 is 0 Å². The summed E-state index contributed by atoms with van der Waals surface area (Å²) in [6.07, 6.45) is 0.401. The van der Waals surface area contributed by atoms with Crippen LogP contribution >= 0.6 is 0 Å². The summed E-state index contributed by atoms with van der Waals surface area (Å²) in [6.45, 7) is 3.41. The minimum absolute atomic E-state index is 0.221. The summed E-state index contributed by atoms with van der Waals surface area (Å²) in [6, 6.07) is 12.7. The van der Waals surface area contributed by atoms with Gasteiger partial charge in [-0.2, -0.15) is 0 Å². The van der Waals surface area contributed by atoms with Gasteiger partial charge in [0.15, 0.2) is 0 Å². The molecule has 0 saturated carbocycles. The molecule has 2 rings (SSSR count). The summed E-state index contributed by atoms with van der Waals surface area (Å²) < 4.78 is 13.7. The number of hydrogen-bond acceptors (Lipinski definition) is 2. The minimum Gasteiger partial charge on any atom is -0.289 e. The van der Waals surface area contributed by atoms with Crippen molar-refractivity contribution in [3.63, 3.8) is 0 Å². The molecule has 4 heteroatoms. The van der Waals surface area contributed by atoms with Crippen molar-refractivity contribution in [3.8, 4) is 0 Å². The van der Waals surface area contributed by atoms with Gasteiger partial charge >= 0.3 is 0 Å². The smallest absolute Gasteiger partial charge is 0.251 e. The Labute approximate surface area is 123 Å². The van der Waals surface area contributed by atoms with Crippen LogP contribution in [0, 0.1) is 19.7 Å². The zero-order valence-electron chi connectivity index (χ0n) is 12.1. The van der Waals surface area contributed by atoms with E-state index in [1.165, 1.54) is 0 Å². The monoisotopic (exact) mass is 287 g/mol. The van der Waals surface area contributed by atoms with Crippen LogP contribution < -0.4 is 5.48 Å². The van der Waals surface area contributed by atoms with Crippen molar-refractivity contribution < 1.29 is 14.4 Å². The predicted octanol–water partition coefficient (Wildman–Crippen LogP) is 3.27. The third-order valence-electron chi connectivity index (χ3n) is 3.56. The van der Waals surface area contributed by atoms with Gasteiger partial charge in [0.25, 0.3) is 5.91 Å². The van der Waals surface area contributed by atoms with E-state index in [2.05, 4.69) is 0 Å². The lowest BCUT2D eigenvalue weighted by atomic mass is 9.90. The highest BCUT2D eigenvalue weighted by atomic mass is 19.1. The molecule has 0 aliphatic carbocycles. The fraction of sp³-hybridized carbons (Fsp3) is 0.235. The molecule has 2 N–H and O–H groups in total. The van der Waals surface area contributed by atoms with E-state index in [1.54, 1.807) is 31.5 Å². The Kier molecular flexibility index (Phi) is 4.70. The molecule has 0 radical (unpaired) electrons. The molecule has 0 bridgehead atoms. The first-order valence-electron chi connectivity index (χ1n) is 6.77. The van der Waals surface area contributed by atoms with Crippen LogP contribution in [0.1, 0.15) is 28.2 Å². The van der Waals surface area contributed by atoms with Crippen molar-refractivity contribution in [3.05, 3.63) is 70.5 Å². The Morgan fingerprint density at radius 3 is 2.29 bits per heavy atom. The van der Waals surface area contributed by atoms with Crippen LogP contribution in [0.25, 0.3) is 0 Å². The third kappa shape index (κ3) is 3.47. The highest BCUT2D eigenvalue weighted by molar-refractivity contribution is 5.82. The standard InChI is InChI=1S/C17H18FNO2/c1-11-8-13(9-12(2)16(11)18)10-15(17(20)19-21)14-6-4-3-5-7-14/h3-9,15,21H,10H2,1-2H3,(H,19,20)/t15-/m1/s1. The number of benzene rings is 2. The topological polar surface area (TPSA) is 49.3 Å². The Morgan fingerprint density at radius 1 is 1.19 bits per heavy atom. The molecule has 21 heavy (non-hydrogen) atoms. The number of halogens is 1. The van der Waals surface area contributed by atoms with Crippen LogP contribution in [0.4, 0.5) is 4.39 Å². The van der Waals surface area contributed by atoms with Gasteiger partial charge in [0.1, 0.15) is 5.82 Å². The summed E-state index contributed by atoms with van der Waals surface area (Å²) in [5.74, 6) is -1.21. The lowest BCUT2D eigenvalue weighted by molar-refractivity contribution is -0.130. The van der Waals surface area contributed by atoms with Crippen LogP contribution in [-0.4, -0.2) is 11.1 Å². The molecule has 3 nitrogen and oxygen atoms in total. The number of hydroxylamine groups is 1. The molecule has 0 heterocycles. The number of amides is 1. The molecule has 0 spiro atoms. The molecule has 2 aromatic carbocycles. The fourth-order valence-corrected chi connectivity index (χ4v) is 2.51. The van der Waals surface area contributed by atoms with Crippen molar-refractivity contribution in [1.29, 1.82) is 0 Å². The SMILES string of the molecule is Cc1cc(C[C@@H](C(=O)NO)c2ccccc2)cc(C)c1F. The van der Waals surface area contributed by atoms with E-state index in [0.29, 0.717) is 17.5 Å². The third-order valence-corrected chi connectivity index (χ3v) is 3.56. The average molecular weight is 287 g/mol. The lowest BCUT2D eigenvalue weighted by Gasteiger charge is -2.16. The summed E-state index contributed by atoms with van der Waals surface area (Å²) in [4.78, 5) is 11.9. The van der Waals surface area contributed by atoms with Gasteiger partial charge in [-0.05, 0) is 42.5 Å². The predicted molar refractivity (Wildman–Crippen MR) is 78.7 cm³/mol. The van der Waals surface area contributed by atoms with E-state index in [1.807, 2.05) is 30.3 Å². The molecule has 1 amide bonds. The van der Waals surface area contributed by atoms with Crippen molar-refractivity contribution in [2.24, 2.45) is 0 Å². The van der Waals surface area contributed by atoms with Gasteiger partial charge in [-0.3, -0.25) is 10.0 Å². The number of carbonyl (C=O) groups is 1. The fourth-order valence-electron chi connectivity index (χ4n) is 2.51. The highest BCUT2D eigenvalue weighted by Crippen LogP contribution is 2.23. The number of carbonyl (C=O) groups excluding carboxylic acids is 1. The highest BCUT2D eigenvalue weighted by Gasteiger charge is 2.21. The van der Waals surface area contributed by atoms with Crippen LogP contribution in [0.3, 0.4) is 0 Å². The second-order valence-electron chi connectivity index (χ2n) is 5.19. The van der Waals surface area contributed by atoms with Crippen molar-refractivity contribution >= 4 is 5.91 Å². The molecule has 1 atom stereocenters. The Balaban J connectivity index is 2.34. The quantitative estimate of drug-likeness (QED) is 0.670. The van der Waals surface area contributed by atoms with E-state index < -0.39 is 11.8 Å². The molecule has 0 aliphatic rings. The Morgan fingerprint density at radius 2 is 1.76 bits per heavy atom. The van der Waals surface area contributed by atoms with Gasteiger partial charge in [-0.1, -0.05) is 42.5 Å². The van der Waals surface area contributed by atoms with Crippen LogP contribution in [0.15, 0.2) is 42.5 Å². The average Bonchev–Trinajstić information content (AvgIpc) is 2.50. The first-order chi connectivity index (χ1) is 10.0. The number of hydrogen-bond donors (Lipinski definition) is 2. The molecular formula is C17H18FNO2. The summed E-state index contributed by atoms with van der Waals surface area (Å²) in [5, 5.41) is 8.94. The van der Waals surface area contributed by atoms with Crippen LogP contribution in [-0.2, 0) is 11.2 Å². The van der Waals surface area contributed by atoms with Gasteiger partial charge in [0, 0.05) is 0 Å². The van der Waals surface area contributed by atoms with Crippen molar-refractivity contribution in [2.45, 2.75) is 26.2 Å². The first-order valence-corrected chi connectivity index (χ1v) is 6.77. The van der Waals surface area contributed by atoms with Gasteiger partial charge in [0.2, 0.25) is 0 Å². The zero-order chi connectivity index (χ0) is 15.4. The number of nitrogens with one attached hydrogen (secondary N) is 1. The zero-order valence-corrected chi connectivity index (χ0v) is 12.1. The molecular weight excluding hydrogens is 269 g/mol. The minimum atomic E-state index is -0.513. The molecule has 2 aromatic rings. The second-order valence-corrected chi connectivity index (χ2v) is 5.19. The van der Waals surface area contributed by atoms with E-state index in [-0.39, 0.29) is 5.82 Å². The summed E-state index contributed by atoms with van der Waals surface area (Å²) in [5.41, 5.74) is 4.50. The summed E-state index contributed by atoms with van der Waals surface area (Å²) in [7, 11) is 0. The Bertz CT molecular complexity index is 617. The van der Waals surface area contributed by atoms with Crippen LogP contribution in [0.5, 0.6) is 0 Å². The molecule has 0 saturated heterocycles. The van der Waals surface area contributed by atoms with E-state index in [0.717, 1.165) is 11.1 Å². The normalized spacial score (nSPS) is 12.0. The molecule has 110 valence electrons. The van der Waals surface area contributed by atoms with E-state index in [4.69, 9.17) is 5.21 Å². The molecule has 0 unspecified atom stereocenters. The molecule has 0 fully saturated rings. The lowest BCUT2D eigenvalue weighted by Crippen LogP contribution is -2.27. The summed E-state index contributed by atoms with van der Waals surface area (Å²) >= 11 is 0. The van der Waals surface area contributed by atoms with Gasteiger partial charge in [0.05, 0.1) is 5.92 Å². The van der Waals surface area contributed by atoms with Gasteiger partial charge in [-0.25, -0.2) is 9.87 Å². The maximum atomic E-state index is 13.7. The van der Waals surface area contributed by atoms with E-state index in [9.17, 15) is 9.18 Å². The largest absolute Gasteiger partial charge is 0.289 e. The van der Waals surface area contributed by atoms with Gasteiger partial charge < -0.3 is 0 Å². The van der Waals surface area contributed by atoms with Gasteiger partial charge in [-0.15, -0.1) is 0 Å². The number of aryl methyl sites for hydroxylation is 2. The molecule has 0 aromatic heterocycles. The first kappa shape index (κ1) is 15.2. The maximum Gasteiger partial charge on any atom is 0.251 e. The number of rotatable bonds is 4. The Hall–Kier alpha value is -2.20.